The van der Waals surface area contributed by atoms with Gasteiger partial charge in [-0.05, 0) is 12.1 Å². The van der Waals surface area contributed by atoms with Crippen LogP contribution in [-0.4, -0.2) is 35.8 Å². The molecule has 1 aromatic carbocycles. The van der Waals surface area contributed by atoms with Gasteiger partial charge in [0.2, 0.25) is 17.6 Å². The second kappa shape index (κ2) is 6.27. The van der Waals surface area contributed by atoms with Crippen LogP contribution in [0.2, 0.25) is 0 Å². The largest absolute Gasteiger partial charge is 0.383 e. The molecular weight excluding hydrogens is 260 g/mol. The monoisotopic (exact) mass is 276 g/mol. The fourth-order valence-corrected chi connectivity index (χ4v) is 1.64. The van der Waals surface area contributed by atoms with Crippen molar-refractivity contribution in [1.82, 2.24) is 10.1 Å². The van der Waals surface area contributed by atoms with E-state index in [1.54, 1.807) is 25.1 Å². The van der Waals surface area contributed by atoms with E-state index >= 15 is 0 Å². The number of benzene rings is 1. The highest BCUT2D eigenvalue weighted by atomic mass is 16.5. The lowest BCUT2D eigenvalue weighted by molar-refractivity contribution is -0.118. The Morgan fingerprint density at radius 2 is 2.35 bits per heavy atom. The van der Waals surface area contributed by atoms with Crippen molar-refractivity contribution >= 4 is 11.6 Å². The van der Waals surface area contributed by atoms with Crippen molar-refractivity contribution in [3.63, 3.8) is 0 Å². The molecule has 1 heterocycles. The van der Waals surface area contributed by atoms with Gasteiger partial charge in [-0.15, -0.1) is 0 Å². The van der Waals surface area contributed by atoms with Crippen LogP contribution in [0.15, 0.2) is 28.8 Å². The predicted octanol–water partition coefficient (Wildman–Crippen LogP) is 0.957. The van der Waals surface area contributed by atoms with Gasteiger partial charge >= 0.3 is 0 Å². The Balaban J connectivity index is 2.12. The second-order valence-corrected chi connectivity index (χ2v) is 4.27. The maximum absolute atomic E-state index is 11.8. The number of nitrogens with one attached hydrogen (secondary N) is 1. The molecule has 0 aliphatic carbocycles. The van der Waals surface area contributed by atoms with Crippen molar-refractivity contribution in [2.45, 2.75) is 13.0 Å². The molecule has 0 saturated carbocycles. The van der Waals surface area contributed by atoms with E-state index < -0.39 is 6.04 Å². The van der Waals surface area contributed by atoms with Crippen LogP contribution in [0.5, 0.6) is 0 Å². The van der Waals surface area contributed by atoms with Gasteiger partial charge in [0.05, 0.1) is 6.61 Å². The highest BCUT2D eigenvalue weighted by Gasteiger charge is 2.14. The average Bonchev–Trinajstić information content (AvgIpc) is 2.86. The highest BCUT2D eigenvalue weighted by Crippen LogP contribution is 2.19. The topological polar surface area (TPSA) is 103 Å². The van der Waals surface area contributed by atoms with E-state index in [2.05, 4.69) is 15.5 Å². The van der Waals surface area contributed by atoms with Crippen LogP contribution in [-0.2, 0) is 9.53 Å². The summed E-state index contributed by atoms with van der Waals surface area (Å²) >= 11 is 0. The Hall–Kier alpha value is -2.25. The zero-order chi connectivity index (χ0) is 14.5. The first-order valence-electron chi connectivity index (χ1n) is 6.06. The summed E-state index contributed by atoms with van der Waals surface area (Å²) in [6, 6.07) is 6.42. The molecule has 1 amide bonds. The van der Waals surface area contributed by atoms with Crippen molar-refractivity contribution in [3.8, 4) is 11.4 Å². The van der Waals surface area contributed by atoms with E-state index in [1.807, 2.05) is 6.07 Å². The molecule has 0 bridgehead atoms. The number of aryl methyl sites for hydroxylation is 1. The summed E-state index contributed by atoms with van der Waals surface area (Å²) in [7, 11) is 1.49. The number of amides is 1. The van der Waals surface area contributed by atoms with Crippen LogP contribution in [0.25, 0.3) is 11.4 Å². The van der Waals surface area contributed by atoms with Crippen LogP contribution in [0.4, 0.5) is 5.69 Å². The number of carbonyl (C=O) groups excluding carboxylic acids is 1. The Bertz CT molecular complexity index is 597. The standard InChI is InChI=1S/C13H16N4O3/c1-8-15-12(17-20-8)9-4-3-5-10(6-9)16-13(18)11(14)7-19-2/h3-6,11H,7,14H2,1-2H3,(H,16,18). The second-order valence-electron chi connectivity index (χ2n) is 4.27. The molecule has 0 fully saturated rings. The number of hydrogen-bond acceptors (Lipinski definition) is 6. The van der Waals surface area contributed by atoms with E-state index in [4.69, 9.17) is 15.0 Å². The molecule has 7 nitrogen and oxygen atoms in total. The molecule has 0 spiro atoms. The van der Waals surface area contributed by atoms with E-state index in [-0.39, 0.29) is 12.5 Å². The lowest BCUT2D eigenvalue weighted by atomic mass is 10.2. The minimum absolute atomic E-state index is 0.162. The Morgan fingerprint density at radius 1 is 1.55 bits per heavy atom. The third-order valence-corrected chi connectivity index (χ3v) is 2.60. The van der Waals surface area contributed by atoms with Gasteiger partial charge in [-0.3, -0.25) is 4.79 Å². The molecule has 0 saturated heterocycles. The smallest absolute Gasteiger partial charge is 0.243 e. The molecule has 0 aliphatic heterocycles. The number of aromatic nitrogens is 2. The average molecular weight is 276 g/mol. The quantitative estimate of drug-likeness (QED) is 0.843. The molecule has 3 N–H and O–H groups in total. The van der Waals surface area contributed by atoms with E-state index in [9.17, 15) is 4.79 Å². The SMILES string of the molecule is COCC(N)C(=O)Nc1cccc(-c2noc(C)n2)c1. The van der Waals surface area contributed by atoms with Crippen molar-refractivity contribution in [2.75, 3.05) is 19.0 Å². The Kier molecular flexibility index (Phi) is 4.44. The van der Waals surface area contributed by atoms with Crippen molar-refractivity contribution in [3.05, 3.63) is 30.2 Å². The van der Waals surface area contributed by atoms with Gasteiger partial charge in [0, 0.05) is 25.3 Å². The third kappa shape index (κ3) is 3.40. The molecule has 1 aromatic heterocycles. The molecule has 106 valence electrons. The number of methoxy groups -OCH3 is 1. The molecule has 20 heavy (non-hydrogen) atoms. The van der Waals surface area contributed by atoms with E-state index in [0.29, 0.717) is 17.4 Å². The van der Waals surface area contributed by atoms with Crippen LogP contribution in [0, 0.1) is 6.92 Å². The predicted molar refractivity (Wildman–Crippen MR) is 73.0 cm³/mol. The highest BCUT2D eigenvalue weighted by molar-refractivity contribution is 5.95. The number of nitrogens with zero attached hydrogens (tertiary/aromatic N) is 2. The minimum atomic E-state index is -0.712. The number of rotatable bonds is 5. The first-order chi connectivity index (χ1) is 9.60. The molecule has 1 unspecified atom stereocenters. The van der Waals surface area contributed by atoms with Crippen LogP contribution < -0.4 is 11.1 Å². The minimum Gasteiger partial charge on any atom is -0.383 e. The van der Waals surface area contributed by atoms with Gasteiger partial charge in [-0.1, -0.05) is 17.3 Å². The number of nitrogens with two attached hydrogens (primary N) is 1. The van der Waals surface area contributed by atoms with Gasteiger partial charge in [0.15, 0.2) is 0 Å². The number of anilines is 1. The lowest BCUT2D eigenvalue weighted by Crippen LogP contribution is -2.39. The van der Waals surface area contributed by atoms with Gasteiger partial charge < -0.3 is 20.3 Å². The number of hydrogen-bond donors (Lipinski definition) is 2. The molecule has 2 rings (SSSR count). The normalized spacial score (nSPS) is 12.2. The number of ether oxygens (including phenoxy) is 1. The summed E-state index contributed by atoms with van der Waals surface area (Å²) in [5.74, 6) is 0.643. The molecule has 1 atom stereocenters. The molecule has 0 radical (unpaired) electrons. The maximum Gasteiger partial charge on any atom is 0.243 e. The summed E-state index contributed by atoms with van der Waals surface area (Å²) in [4.78, 5) is 15.9. The molecule has 7 heteroatoms. The van der Waals surface area contributed by atoms with Crippen molar-refractivity contribution < 1.29 is 14.1 Å². The zero-order valence-corrected chi connectivity index (χ0v) is 11.3. The summed E-state index contributed by atoms with van der Waals surface area (Å²) in [5.41, 5.74) is 7.01. The molecular formula is C13H16N4O3. The first-order valence-corrected chi connectivity index (χ1v) is 6.06. The summed E-state index contributed by atoms with van der Waals surface area (Å²) in [5, 5.41) is 6.54. The Labute approximate surface area is 116 Å². The maximum atomic E-state index is 11.8. The van der Waals surface area contributed by atoms with Gasteiger partial charge in [-0.25, -0.2) is 0 Å². The van der Waals surface area contributed by atoms with Gasteiger partial charge in [-0.2, -0.15) is 4.98 Å². The zero-order valence-electron chi connectivity index (χ0n) is 11.3. The first kappa shape index (κ1) is 14.2. The van der Waals surface area contributed by atoms with Crippen LogP contribution in [0.3, 0.4) is 0 Å². The van der Waals surface area contributed by atoms with Crippen LogP contribution in [0.1, 0.15) is 5.89 Å². The Morgan fingerprint density at radius 3 is 3.00 bits per heavy atom. The molecule has 0 aliphatic rings. The molecule has 2 aromatic rings. The third-order valence-electron chi connectivity index (χ3n) is 2.60. The van der Waals surface area contributed by atoms with Crippen LogP contribution >= 0.6 is 0 Å². The van der Waals surface area contributed by atoms with Crippen molar-refractivity contribution in [1.29, 1.82) is 0 Å². The lowest BCUT2D eigenvalue weighted by Gasteiger charge is -2.11. The fraction of sp³-hybridized carbons (Fsp3) is 0.308. The summed E-state index contributed by atoms with van der Waals surface area (Å²) in [6.07, 6.45) is 0. The fourth-order valence-electron chi connectivity index (χ4n) is 1.64. The van der Waals surface area contributed by atoms with E-state index in [0.717, 1.165) is 5.56 Å². The number of carbonyl (C=O) groups is 1. The summed E-state index contributed by atoms with van der Waals surface area (Å²) < 4.78 is 9.77. The van der Waals surface area contributed by atoms with Gasteiger partial charge in [0.1, 0.15) is 6.04 Å². The van der Waals surface area contributed by atoms with Crippen molar-refractivity contribution in [2.24, 2.45) is 5.73 Å². The summed E-state index contributed by atoms with van der Waals surface area (Å²) in [6.45, 7) is 1.88. The van der Waals surface area contributed by atoms with Gasteiger partial charge in [0.25, 0.3) is 0 Å². The van der Waals surface area contributed by atoms with E-state index in [1.165, 1.54) is 7.11 Å².